The maximum atomic E-state index is 13.4. The van der Waals surface area contributed by atoms with Crippen molar-refractivity contribution in [3.8, 4) is 5.75 Å². The molecule has 2 aliphatic rings. The number of piperidine rings is 1. The molecule has 0 radical (unpaired) electrons. The van der Waals surface area contributed by atoms with Crippen LogP contribution in [0.4, 0.5) is 5.69 Å². The first-order valence-electron chi connectivity index (χ1n) is 10.4. The van der Waals surface area contributed by atoms with Crippen LogP contribution in [-0.2, 0) is 9.59 Å². The van der Waals surface area contributed by atoms with Crippen molar-refractivity contribution in [1.29, 1.82) is 0 Å². The van der Waals surface area contributed by atoms with E-state index >= 15 is 0 Å². The van der Waals surface area contributed by atoms with Gasteiger partial charge in [0.2, 0.25) is 11.8 Å². The summed E-state index contributed by atoms with van der Waals surface area (Å²) >= 11 is 1.66. The molecule has 2 amide bonds. The maximum Gasteiger partial charge on any atom is 0.243 e. The van der Waals surface area contributed by atoms with Crippen LogP contribution in [0.5, 0.6) is 5.75 Å². The van der Waals surface area contributed by atoms with Crippen LogP contribution < -0.4 is 9.64 Å². The fraction of sp³-hybridized carbons (Fsp3) is 0.348. The van der Waals surface area contributed by atoms with Crippen molar-refractivity contribution < 1.29 is 14.3 Å². The summed E-state index contributed by atoms with van der Waals surface area (Å²) < 4.78 is 6.84. The van der Waals surface area contributed by atoms with Crippen LogP contribution in [0.3, 0.4) is 0 Å². The average molecular weight is 422 g/mol. The summed E-state index contributed by atoms with van der Waals surface area (Å²) in [6.07, 6.45) is 3.22. The molecule has 0 bridgehead atoms. The van der Waals surface area contributed by atoms with E-state index in [9.17, 15) is 9.59 Å². The number of aromatic nitrogens is 1. The topological polar surface area (TPSA) is 62.7 Å². The number of hydrogen-bond acceptors (Lipinski definition) is 5. The largest absolute Gasteiger partial charge is 0.491 e. The summed E-state index contributed by atoms with van der Waals surface area (Å²) in [5, 5.41) is 0.982. The minimum atomic E-state index is -0.0816. The van der Waals surface area contributed by atoms with E-state index in [-0.39, 0.29) is 30.8 Å². The molecule has 5 rings (SSSR count). The van der Waals surface area contributed by atoms with Crippen LogP contribution in [0.25, 0.3) is 10.2 Å². The molecule has 0 saturated carbocycles. The number of fused-ring (bicyclic) bond motifs is 2. The Morgan fingerprint density at radius 2 is 1.97 bits per heavy atom. The van der Waals surface area contributed by atoms with E-state index in [2.05, 4.69) is 6.07 Å². The van der Waals surface area contributed by atoms with E-state index in [1.165, 1.54) is 0 Å². The Hall–Kier alpha value is -2.93. The van der Waals surface area contributed by atoms with Gasteiger partial charge in [-0.25, -0.2) is 4.98 Å². The Labute approximate surface area is 179 Å². The molecule has 7 heteroatoms. The lowest BCUT2D eigenvalue weighted by Crippen LogP contribution is -2.46. The van der Waals surface area contributed by atoms with E-state index in [0.717, 1.165) is 34.5 Å². The van der Waals surface area contributed by atoms with E-state index < -0.39 is 0 Å². The van der Waals surface area contributed by atoms with Crippen molar-refractivity contribution in [2.24, 2.45) is 0 Å². The SMILES string of the molecule is O=C1CCOc2ccccc2N1CC(=O)N1CCCC[C@H]1c1nc2ccccc2s1. The van der Waals surface area contributed by atoms with Crippen molar-refractivity contribution in [3.05, 3.63) is 53.5 Å². The number of amides is 2. The summed E-state index contributed by atoms with van der Waals surface area (Å²) in [4.78, 5) is 34.4. The number of carbonyl (C=O) groups excluding carboxylic acids is 2. The molecular weight excluding hydrogens is 398 g/mol. The highest BCUT2D eigenvalue weighted by molar-refractivity contribution is 7.18. The molecule has 3 heterocycles. The molecule has 1 aromatic heterocycles. The minimum absolute atomic E-state index is 0.0284. The molecule has 1 fully saturated rings. The first-order valence-corrected chi connectivity index (χ1v) is 11.2. The van der Waals surface area contributed by atoms with Gasteiger partial charge in [0.1, 0.15) is 17.3 Å². The van der Waals surface area contributed by atoms with Gasteiger partial charge >= 0.3 is 0 Å². The number of hydrogen-bond donors (Lipinski definition) is 0. The number of benzene rings is 2. The molecule has 0 aliphatic carbocycles. The number of carbonyl (C=O) groups is 2. The number of likely N-dealkylation sites (tertiary alicyclic amines) is 1. The number of nitrogens with zero attached hydrogens (tertiary/aromatic N) is 3. The second-order valence-corrected chi connectivity index (χ2v) is 8.73. The lowest BCUT2D eigenvalue weighted by Gasteiger charge is -2.36. The van der Waals surface area contributed by atoms with Gasteiger partial charge in [-0.1, -0.05) is 24.3 Å². The first kappa shape index (κ1) is 19.1. The zero-order valence-corrected chi connectivity index (χ0v) is 17.4. The molecule has 0 N–H and O–H groups in total. The lowest BCUT2D eigenvalue weighted by atomic mass is 10.0. The number of ether oxygens (including phenoxy) is 1. The smallest absolute Gasteiger partial charge is 0.243 e. The monoisotopic (exact) mass is 421 g/mol. The van der Waals surface area contributed by atoms with Crippen LogP contribution in [-0.4, -0.2) is 41.4 Å². The van der Waals surface area contributed by atoms with Crippen molar-refractivity contribution in [3.63, 3.8) is 0 Å². The zero-order chi connectivity index (χ0) is 20.5. The van der Waals surface area contributed by atoms with Gasteiger partial charge in [0.15, 0.2) is 0 Å². The van der Waals surface area contributed by atoms with Crippen LogP contribution in [0.1, 0.15) is 36.7 Å². The number of rotatable bonds is 3. The third-order valence-electron chi connectivity index (χ3n) is 5.74. The van der Waals surface area contributed by atoms with Gasteiger partial charge in [-0.2, -0.15) is 0 Å². The van der Waals surface area contributed by atoms with Crippen LogP contribution in [0.2, 0.25) is 0 Å². The Bertz CT molecular complexity index is 1060. The van der Waals surface area contributed by atoms with Gasteiger partial charge in [-0.05, 0) is 43.5 Å². The number of anilines is 1. The molecule has 3 aromatic rings. The lowest BCUT2D eigenvalue weighted by molar-refractivity contribution is -0.134. The highest BCUT2D eigenvalue weighted by Gasteiger charge is 2.33. The molecule has 30 heavy (non-hydrogen) atoms. The number of thiazole rings is 1. The van der Waals surface area contributed by atoms with Crippen molar-refractivity contribution >= 4 is 39.1 Å². The molecule has 0 spiro atoms. The van der Waals surface area contributed by atoms with Gasteiger partial charge in [0.05, 0.1) is 35.0 Å². The Kier molecular flexibility index (Phi) is 5.12. The second-order valence-electron chi connectivity index (χ2n) is 7.66. The molecule has 1 atom stereocenters. The predicted molar refractivity (Wildman–Crippen MR) is 117 cm³/mol. The van der Waals surface area contributed by atoms with Crippen LogP contribution >= 0.6 is 11.3 Å². The van der Waals surface area contributed by atoms with E-state index in [1.807, 2.05) is 47.4 Å². The average Bonchev–Trinajstić information content (AvgIpc) is 3.15. The molecule has 1 saturated heterocycles. The molecule has 2 aliphatic heterocycles. The Balaban J connectivity index is 1.42. The molecular formula is C23H23N3O3S. The van der Waals surface area contributed by atoms with E-state index in [1.54, 1.807) is 16.2 Å². The van der Waals surface area contributed by atoms with Crippen molar-refractivity contribution in [2.75, 3.05) is 24.6 Å². The molecule has 0 unspecified atom stereocenters. The van der Waals surface area contributed by atoms with Gasteiger partial charge in [0.25, 0.3) is 0 Å². The molecule has 154 valence electrons. The summed E-state index contributed by atoms with van der Waals surface area (Å²) in [5.41, 5.74) is 1.64. The number of para-hydroxylation sites is 3. The summed E-state index contributed by atoms with van der Waals surface area (Å²) in [5.74, 6) is 0.531. The van der Waals surface area contributed by atoms with Crippen LogP contribution in [0, 0.1) is 0 Å². The fourth-order valence-corrected chi connectivity index (χ4v) is 5.35. The standard InChI is InChI=1S/C23H23N3O3S/c27-21-12-14-29-19-10-3-2-8-17(19)26(21)15-22(28)25-13-6-5-9-18(25)23-24-16-7-1-4-11-20(16)30-23/h1-4,7-8,10-11,18H,5-6,9,12-15H2/t18-/m0/s1. The van der Waals surface area contributed by atoms with Crippen LogP contribution in [0.15, 0.2) is 48.5 Å². The van der Waals surface area contributed by atoms with Gasteiger partial charge in [-0.3, -0.25) is 14.5 Å². The maximum absolute atomic E-state index is 13.4. The third kappa shape index (κ3) is 3.54. The van der Waals surface area contributed by atoms with E-state index in [0.29, 0.717) is 24.6 Å². The predicted octanol–water partition coefficient (Wildman–Crippen LogP) is 4.17. The minimum Gasteiger partial charge on any atom is -0.491 e. The van der Waals surface area contributed by atoms with Crippen molar-refractivity contribution in [2.45, 2.75) is 31.7 Å². The first-order chi connectivity index (χ1) is 14.7. The quantitative estimate of drug-likeness (QED) is 0.637. The summed E-state index contributed by atoms with van der Waals surface area (Å²) in [6.45, 7) is 1.05. The molecule has 2 aromatic carbocycles. The van der Waals surface area contributed by atoms with Crippen molar-refractivity contribution in [1.82, 2.24) is 9.88 Å². The second kappa shape index (κ2) is 8.07. The zero-order valence-electron chi connectivity index (χ0n) is 16.6. The normalized spacial score (nSPS) is 19.3. The summed E-state index contributed by atoms with van der Waals surface area (Å²) in [6, 6.07) is 15.5. The third-order valence-corrected chi connectivity index (χ3v) is 6.88. The molecule has 6 nitrogen and oxygen atoms in total. The highest BCUT2D eigenvalue weighted by atomic mass is 32.1. The highest BCUT2D eigenvalue weighted by Crippen LogP contribution is 2.36. The van der Waals surface area contributed by atoms with Gasteiger partial charge in [0, 0.05) is 6.54 Å². The van der Waals surface area contributed by atoms with E-state index in [4.69, 9.17) is 9.72 Å². The van der Waals surface area contributed by atoms with Gasteiger partial charge in [-0.15, -0.1) is 11.3 Å². The fourth-order valence-electron chi connectivity index (χ4n) is 4.24. The van der Waals surface area contributed by atoms with Gasteiger partial charge < -0.3 is 9.64 Å². The Morgan fingerprint density at radius 3 is 2.87 bits per heavy atom. The Morgan fingerprint density at radius 1 is 1.13 bits per heavy atom. The summed E-state index contributed by atoms with van der Waals surface area (Å²) in [7, 11) is 0.